The fraction of sp³-hybridized carbons (Fsp3) is 0.212. The number of nitro groups is 1. The Bertz CT molecular complexity index is 1740. The Labute approximate surface area is 267 Å². The quantitative estimate of drug-likeness (QED) is 0.148. The second-order valence-corrected chi connectivity index (χ2v) is 12.9. The highest BCUT2D eigenvalue weighted by Crippen LogP contribution is 2.27. The first kappa shape index (κ1) is 33.2. The second kappa shape index (κ2) is 14.8. The molecule has 2 amide bonds. The van der Waals surface area contributed by atoms with E-state index in [1.165, 1.54) is 41.3 Å². The maximum Gasteiger partial charge on any atom is 0.269 e. The number of carbonyl (C=O) groups is 2. The summed E-state index contributed by atoms with van der Waals surface area (Å²) in [5.41, 5.74) is 1.25. The molecule has 4 aromatic carbocycles. The Kier molecular flexibility index (Phi) is 10.9. The molecule has 0 spiro atoms. The first-order valence-corrected chi connectivity index (χ1v) is 16.0. The Balaban J connectivity index is 1.81. The van der Waals surface area contributed by atoms with Crippen molar-refractivity contribution in [1.29, 1.82) is 0 Å². The largest absolute Gasteiger partial charge is 0.352 e. The zero-order chi connectivity index (χ0) is 32.6. The summed E-state index contributed by atoms with van der Waals surface area (Å²) in [6.45, 7) is 2.89. The van der Waals surface area contributed by atoms with Gasteiger partial charge in [0.25, 0.3) is 15.7 Å². The van der Waals surface area contributed by atoms with Crippen LogP contribution in [0.1, 0.15) is 25.0 Å². The molecule has 0 fully saturated rings. The van der Waals surface area contributed by atoms with Gasteiger partial charge in [0.05, 0.1) is 15.5 Å². The van der Waals surface area contributed by atoms with Gasteiger partial charge < -0.3 is 10.2 Å². The number of hydrogen-bond acceptors (Lipinski definition) is 6. The van der Waals surface area contributed by atoms with Crippen LogP contribution in [0.25, 0.3) is 0 Å². The van der Waals surface area contributed by atoms with E-state index in [2.05, 4.69) is 5.32 Å². The Hall–Kier alpha value is -4.74. The molecule has 4 aromatic rings. The summed E-state index contributed by atoms with van der Waals surface area (Å²) in [6, 6.07) is 27.3. The van der Waals surface area contributed by atoms with Gasteiger partial charge in [-0.15, -0.1) is 0 Å². The van der Waals surface area contributed by atoms with Crippen LogP contribution in [-0.2, 0) is 32.6 Å². The number of non-ortho nitro benzene ring substituents is 1. The summed E-state index contributed by atoms with van der Waals surface area (Å²) < 4.78 is 28.9. The van der Waals surface area contributed by atoms with Crippen molar-refractivity contribution < 1.29 is 22.9 Å². The summed E-state index contributed by atoms with van der Waals surface area (Å²) in [5, 5.41) is 14.6. The third-order valence-corrected chi connectivity index (χ3v) is 8.93. The fourth-order valence-electron chi connectivity index (χ4n) is 4.76. The molecule has 45 heavy (non-hydrogen) atoms. The molecule has 1 N–H and O–H groups in total. The summed E-state index contributed by atoms with van der Waals surface area (Å²) in [4.78, 5) is 40.1. The number of nitrogens with one attached hydrogen (secondary N) is 1. The lowest BCUT2D eigenvalue weighted by atomic mass is 10.0. The lowest BCUT2D eigenvalue weighted by Gasteiger charge is -2.34. The van der Waals surface area contributed by atoms with E-state index in [1.807, 2.05) is 44.2 Å². The van der Waals surface area contributed by atoms with Crippen LogP contribution >= 0.6 is 11.6 Å². The number of carbonyl (C=O) groups excluding carboxylic acids is 2. The molecule has 0 unspecified atom stereocenters. The minimum Gasteiger partial charge on any atom is -0.352 e. The van der Waals surface area contributed by atoms with Crippen LogP contribution in [0.15, 0.2) is 114 Å². The predicted molar refractivity (Wildman–Crippen MR) is 173 cm³/mol. The molecular formula is C33H33ClN4O6S. The van der Waals surface area contributed by atoms with Crippen molar-refractivity contribution in [2.24, 2.45) is 0 Å². The molecular weight excluding hydrogens is 616 g/mol. The van der Waals surface area contributed by atoms with E-state index in [0.717, 1.165) is 9.87 Å². The van der Waals surface area contributed by atoms with Crippen molar-refractivity contribution in [2.75, 3.05) is 10.8 Å². The van der Waals surface area contributed by atoms with Crippen molar-refractivity contribution in [1.82, 2.24) is 10.2 Å². The number of hydrogen-bond donors (Lipinski definition) is 1. The fourth-order valence-corrected chi connectivity index (χ4v) is 6.40. The first-order chi connectivity index (χ1) is 21.5. The average Bonchev–Trinajstić information content (AvgIpc) is 3.02. The minimum absolute atomic E-state index is 0.0398. The number of nitro benzene ring substituents is 1. The molecule has 0 aliphatic rings. The zero-order valence-corrected chi connectivity index (χ0v) is 26.3. The van der Waals surface area contributed by atoms with Gasteiger partial charge in [-0.25, -0.2) is 8.42 Å². The maximum atomic E-state index is 14.4. The van der Waals surface area contributed by atoms with E-state index in [0.29, 0.717) is 10.6 Å². The first-order valence-electron chi connectivity index (χ1n) is 14.2. The predicted octanol–water partition coefficient (Wildman–Crippen LogP) is 5.61. The number of nitrogens with zero attached hydrogens (tertiary/aromatic N) is 3. The molecule has 234 valence electrons. The molecule has 0 aliphatic heterocycles. The monoisotopic (exact) mass is 648 g/mol. The van der Waals surface area contributed by atoms with Crippen LogP contribution < -0.4 is 9.62 Å². The van der Waals surface area contributed by atoms with Crippen molar-refractivity contribution in [3.63, 3.8) is 0 Å². The molecule has 0 aliphatic carbocycles. The second-order valence-electron chi connectivity index (χ2n) is 10.6. The maximum absolute atomic E-state index is 14.4. The lowest BCUT2D eigenvalue weighted by molar-refractivity contribution is -0.384. The third-order valence-electron chi connectivity index (χ3n) is 6.90. The van der Waals surface area contributed by atoms with Crippen molar-refractivity contribution in [2.45, 2.75) is 43.8 Å². The van der Waals surface area contributed by atoms with Crippen molar-refractivity contribution >= 4 is 44.8 Å². The molecule has 1 atom stereocenters. The molecule has 10 nitrogen and oxygen atoms in total. The van der Waals surface area contributed by atoms with Crippen LogP contribution in [0.4, 0.5) is 11.4 Å². The van der Waals surface area contributed by atoms with Gasteiger partial charge in [-0.2, -0.15) is 0 Å². The number of amides is 2. The molecule has 4 rings (SSSR count). The minimum atomic E-state index is -4.32. The van der Waals surface area contributed by atoms with Gasteiger partial charge >= 0.3 is 0 Å². The van der Waals surface area contributed by atoms with Crippen LogP contribution in [-0.4, -0.2) is 48.7 Å². The van der Waals surface area contributed by atoms with E-state index < -0.39 is 39.3 Å². The van der Waals surface area contributed by atoms with Gasteiger partial charge in [-0.05, 0) is 61.4 Å². The highest BCUT2D eigenvalue weighted by Gasteiger charge is 2.35. The van der Waals surface area contributed by atoms with Gasteiger partial charge in [0.1, 0.15) is 12.6 Å². The van der Waals surface area contributed by atoms with E-state index >= 15 is 0 Å². The van der Waals surface area contributed by atoms with Crippen molar-refractivity contribution in [3.05, 3.63) is 135 Å². The number of halogens is 1. The van der Waals surface area contributed by atoms with Crippen molar-refractivity contribution in [3.8, 4) is 0 Å². The number of anilines is 1. The van der Waals surface area contributed by atoms with Crippen LogP contribution in [0, 0.1) is 10.1 Å². The van der Waals surface area contributed by atoms with E-state index in [4.69, 9.17) is 11.6 Å². The molecule has 0 radical (unpaired) electrons. The van der Waals surface area contributed by atoms with Gasteiger partial charge in [0.2, 0.25) is 11.8 Å². The number of rotatable bonds is 13. The average molecular weight is 649 g/mol. The summed E-state index contributed by atoms with van der Waals surface area (Å²) in [5.74, 6) is -1.07. The molecule has 0 aromatic heterocycles. The molecule has 12 heteroatoms. The lowest BCUT2D eigenvalue weighted by Crippen LogP contribution is -2.54. The SMILES string of the molecule is CC(C)NC(=O)[C@H](Cc1ccccc1)N(Cc1cccc(Cl)c1)C(=O)CN(c1ccc([N+](=O)[O-])cc1)S(=O)(=O)c1ccccc1. The van der Waals surface area contributed by atoms with Crippen LogP contribution in [0.3, 0.4) is 0 Å². The third kappa shape index (κ3) is 8.68. The molecule has 0 heterocycles. The van der Waals surface area contributed by atoms with Gasteiger partial charge in [0, 0.05) is 36.2 Å². The van der Waals surface area contributed by atoms with Gasteiger partial charge in [-0.1, -0.05) is 72.3 Å². The molecule has 0 saturated carbocycles. The van der Waals surface area contributed by atoms with E-state index in [1.54, 1.807) is 42.5 Å². The van der Waals surface area contributed by atoms with E-state index in [9.17, 15) is 28.1 Å². The topological polar surface area (TPSA) is 130 Å². The highest BCUT2D eigenvalue weighted by molar-refractivity contribution is 7.92. The number of benzene rings is 4. The van der Waals surface area contributed by atoms with E-state index in [-0.39, 0.29) is 35.3 Å². The van der Waals surface area contributed by atoms with Gasteiger partial charge in [0.15, 0.2) is 0 Å². The summed E-state index contributed by atoms with van der Waals surface area (Å²) in [7, 11) is -4.32. The zero-order valence-electron chi connectivity index (χ0n) is 24.7. The molecule has 0 saturated heterocycles. The summed E-state index contributed by atoms with van der Waals surface area (Å²) in [6.07, 6.45) is 0.161. The highest BCUT2D eigenvalue weighted by atomic mass is 35.5. The standard InChI is InChI=1S/C33H33ClN4O6S/c1-24(2)35-33(40)31(21-25-10-5-3-6-11-25)36(22-26-12-9-13-27(34)20-26)32(39)23-37(28-16-18-29(19-17-28)38(41)42)45(43,44)30-14-7-4-8-15-30/h3-20,24,31H,21-23H2,1-2H3,(H,35,40)/t31-/m0/s1. The van der Waals surface area contributed by atoms with Crippen LogP contribution in [0.2, 0.25) is 5.02 Å². The smallest absolute Gasteiger partial charge is 0.269 e. The Morgan fingerprint density at radius 2 is 1.47 bits per heavy atom. The molecule has 0 bridgehead atoms. The number of sulfonamides is 1. The van der Waals surface area contributed by atoms with Gasteiger partial charge in [-0.3, -0.25) is 24.0 Å². The van der Waals surface area contributed by atoms with Crippen LogP contribution in [0.5, 0.6) is 0 Å². The Morgan fingerprint density at radius 1 is 0.867 bits per heavy atom. The normalized spacial score (nSPS) is 11.9. The summed E-state index contributed by atoms with van der Waals surface area (Å²) >= 11 is 6.26. The Morgan fingerprint density at radius 3 is 2.04 bits per heavy atom.